The Balaban J connectivity index is 7.12. The molecule has 0 fully saturated rings. The highest BCUT2D eigenvalue weighted by Crippen LogP contribution is 2.71. The van der Waals surface area contributed by atoms with Crippen molar-refractivity contribution in [3.63, 3.8) is 0 Å². The van der Waals surface area contributed by atoms with Crippen LogP contribution in [-0.4, -0.2) is 56.4 Å². The Labute approximate surface area is 335 Å². The highest BCUT2D eigenvalue weighted by Gasteiger charge is 2.52. The number of carbonyl (C=O) groups excluding carboxylic acids is 4. The molecule has 0 aliphatic carbocycles. The van der Waals surface area contributed by atoms with Crippen LogP contribution in [-0.2, 0) is 65.4 Å². The first-order chi connectivity index (χ1) is 25.3. The molecule has 0 aliphatic heterocycles. The van der Waals surface area contributed by atoms with Gasteiger partial charge in [0.2, 0.25) is 27.2 Å². The molecule has 0 rings (SSSR count). The minimum Gasteiger partial charge on any atom is -0.438 e. The van der Waals surface area contributed by atoms with E-state index < -0.39 is 93.3 Å². The summed E-state index contributed by atoms with van der Waals surface area (Å²) in [6, 6.07) is 0. The molecule has 0 spiro atoms. The molecule has 0 aromatic rings. The fourth-order valence-electron chi connectivity index (χ4n) is 3.97. The zero-order valence-electron chi connectivity index (χ0n) is 36.8. The number of esters is 4. The van der Waals surface area contributed by atoms with Crippen molar-refractivity contribution in [2.75, 3.05) is 27.2 Å². The van der Waals surface area contributed by atoms with Gasteiger partial charge >= 0.3 is 39.1 Å². The molecule has 16 heteroatoms. The zero-order chi connectivity index (χ0) is 43.8. The van der Waals surface area contributed by atoms with Gasteiger partial charge in [0.15, 0.2) is 5.40 Å². The van der Waals surface area contributed by atoms with Crippen LogP contribution in [0.1, 0.15) is 143 Å². The molecule has 0 unspecified atom stereocenters. The van der Waals surface area contributed by atoms with Crippen molar-refractivity contribution in [2.24, 2.45) is 21.7 Å². The van der Waals surface area contributed by atoms with Crippen LogP contribution >= 0.6 is 15.2 Å². The first-order valence-electron chi connectivity index (χ1n) is 18.8. The van der Waals surface area contributed by atoms with E-state index in [1.165, 1.54) is 11.1 Å². The molecule has 14 nitrogen and oxygen atoms in total. The molecule has 0 aromatic carbocycles. The van der Waals surface area contributed by atoms with Gasteiger partial charge in [-0.3, -0.25) is 46.4 Å². The maximum absolute atomic E-state index is 15.0. The summed E-state index contributed by atoms with van der Waals surface area (Å²) in [4.78, 5) is 50.5. The summed E-state index contributed by atoms with van der Waals surface area (Å²) in [5, 5.41) is -1.85. The van der Waals surface area contributed by atoms with Crippen molar-refractivity contribution in [2.45, 2.75) is 148 Å². The standard InChI is InChI=1S/C40H70O14P2/c1-29(2)19-17-20-30(3)21-18-22-31(4)23-24-32(55(45,51-25-47-33(41)37(5,6)7)52-26-48-34(42)38(8,9)10)56(46,53-27-49-35(43)39(11,12)13)54-28-50-36(44)40(14,15)16/h19,21,23,32H,17-18,20,22,24-28H2,1-16H3/b30-21+,31-23-. The Morgan fingerprint density at radius 3 is 1.00 bits per heavy atom. The summed E-state index contributed by atoms with van der Waals surface area (Å²) < 4.78 is 73.5. The third-order valence-corrected chi connectivity index (χ3v) is 13.1. The van der Waals surface area contributed by atoms with Crippen LogP contribution in [0.5, 0.6) is 0 Å². The second kappa shape index (κ2) is 23.1. The highest BCUT2D eigenvalue weighted by molar-refractivity contribution is 7.72. The van der Waals surface area contributed by atoms with Gasteiger partial charge in [0.05, 0.1) is 21.7 Å². The van der Waals surface area contributed by atoms with E-state index in [0.717, 1.165) is 18.4 Å². The van der Waals surface area contributed by atoms with Crippen molar-refractivity contribution in [1.29, 1.82) is 0 Å². The van der Waals surface area contributed by atoms with Gasteiger partial charge in [-0.05, 0) is 143 Å². The molecular weight excluding hydrogens is 766 g/mol. The lowest BCUT2D eigenvalue weighted by atomic mass is 9.98. The molecule has 56 heavy (non-hydrogen) atoms. The van der Waals surface area contributed by atoms with E-state index in [0.29, 0.717) is 12.8 Å². The smallest absolute Gasteiger partial charge is 0.351 e. The van der Waals surface area contributed by atoms with E-state index in [-0.39, 0.29) is 6.42 Å². The number of allylic oxidation sites excluding steroid dienone is 6. The fourth-order valence-corrected chi connectivity index (χ4v) is 8.52. The van der Waals surface area contributed by atoms with Crippen molar-refractivity contribution >= 4 is 39.1 Å². The van der Waals surface area contributed by atoms with Crippen LogP contribution < -0.4 is 0 Å². The minimum absolute atomic E-state index is 0.343. The number of ether oxygens (including phenoxy) is 4. The SMILES string of the molecule is CC(C)=CCC/C(C)=C/CC/C(C)=C\CC(P(=O)(OCOC(=O)C(C)(C)C)OCOC(=O)C(C)(C)C)P(=O)(OCOC(=O)C(C)(C)C)OCOC(=O)C(C)(C)C. The molecule has 0 amide bonds. The molecule has 0 saturated carbocycles. The molecule has 0 radical (unpaired) electrons. The molecule has 324 valence electrons. The second-order valence-corrected chi connectivity index (χ2v) is 22.8. The number of rotatable bonds is 22. The molecule has 0 heterocycles. The van der Waals surface area contributed by atoms with Gasteiger partial charge in [-0.25, -0.2) is 0 Å². The van der Waals surface area contributed by atoms with E-state index in [4.69, 9.17) is 37.0 Å². The van der Waals surface area contributed by atoms with Crippen molar-refractivity contribution < 1.29 is 65.4 Å². The van der Waals surface area contributed by atoms with Gasteiger partial charge in [0.25, 0.3) is 0 Å². The van der Waals surface area contributed by atoms with Crippen molar-refractivity contribution in [1.82, 2.24) is 0 Å². The molecule has 0 atom stereocenters. The molecule has 0 aromatic heterocycles. The minimum atomic E-state index is -4.89. The van der Waals surface area contributed by atoms with Crippen LogP contribution in [0, 0.1) is 21.7 Å². The average molecular weight is 837 g/mol. The maximum atomic E-state index is 15.0. The third-order valence-electron chi connectivity index (χ3n) is 7.67. The quantitative estimate of drug-likeness (QED) is 0.0331. The predicted molar refractivity (Wildman–Crippen MR) is 215 cm³/mol. The number of hydrogen-bond donors (Lipinski definition) is 0. The summed E-state index contributed by atoms with van der Waals surface area (Å²) in [7, 11) is -9.78. The Hall–Kier alpha value is -2.60. The Bertz CT molecular complexity index is 1340. The van der Waals surface area contributed by atoms with Gasteiger partial charge in [-0.2, -0.15) is 0 Å². The lowest BCUT2D eigenvalue weighted by molar-refractivity contribution is -0.163. The predicted octanol–water partition coefficient (Wildman–Crippen LogP) is 10.8. The van der Waals surface area contributed by atoms with Crippen LogP contribution in [0.3, 0.4) is 0 Å². The monoisotopic (exact) mass is 836 g/mol. The first-order valence-corrected chi connectivity index (χ1v) is 22.0. The summed E-state index contributed by atoms with van der Waals surface area (Å²) in [5.41, 5.74) is -0.603. The zero-order valence-corrected chi connectivity index (χ0v) is 38.6. The lowest BCUT2D eigenvalue weighted by Crippen LogP contribution is -2.28. The molecule has 0 saturated heterocycles. The van der Waals surface area contributed by atoms with Gasteiger partial charge in [-0.1, -0.05) is 34.9 Å². The van der Waals surface area contributed by atoms with Gasteiger partial charge in [0.1, 0.15) is 0 Å². The molecule has 0 bridgehead atoms. The highest BCUT2D eigenvalue weighted by atomic mass is 31.2. The second-order valence-electron chi connectivity index (χ2n) is 18.0. The van der Waals surface area contributed by atoms with E-state index in [1.54, 1.807) is 89.2 Å². The van der Waals surface area contributed by atoms with Gasteiger partial charge < -0.3 is 18.9 Å². The van der Waals surface area contributed by atoms with E-state index in [2.05, 4.69) is 32.9 Å². The Morgan fingerprint density at radius 1 is 0.464 bits per heavy atom. The van der Waals surface area contributed by atoms with Crippen molar-refractivity contribution in [3.05, 3.63) is 34.9 Å². The van der Waals surface area contributed by atoms with Crippen LogP contribution in [0.15, 0.2) is 34.9 Å². The molecule has 0 N–H and O–H groups in total. The summed E-state index contributed by atoms with van der Waals surface area (Å²) in [5.74, 6) is -2.84. The maximum Gasteiger partial charge on any atom is 0.351 e. The van der Waals surface area contributed by atoms with Crippen molar-refractivity contribution in [3.8, 4) is 0 Å². The van der Waals surface area contributed by atoms with Crippen LogP contribution in [0.2, 0.25) is 0 Å². The van der Waals surface area contributed by atoms with E-state index in [9.17, 15) is 28.3 Å². The van der Waals surface area contributed by atoms with Crippen LogP contribution in [0.4, 0.5) is 0 Å². The topological polar surface area (TPSA) is 176 Å². The van der Waals surface area contributed by atoms with E-state index >= 15 is 0 Å². The van der Waals surface area contributed by atoms with E-state index in [1.807, 2.05) is 6.92 Å². The molecular formula is C40H70O14P2. The first kappa shape index (κ1) is 53.4. The van der Waals surface area contributed by atoms with Crippen LogP contribution in [0.25, 0.3) is 0 Å². The number of hydrogen-bond acceptors (Lipinski definition) is 14. The Morgan fingerprint density at radius 2 is 0.732 bits per heavy atom. The van der Waals surface area contributed by atoms with Gasteiger partial charge in [-0.15, -0.1) is 0 Å². The summed E-state index contributed by atoms with van der Waals surface area (Å²) in [6.45, 7) is 23.5. The van der Waals surface area contributed by atoms with Gasteiger partial charge in [0, 0.05) is 0 Å². The Kier molecular flexibility index (Phi) is 22.0. The number of carbonyl (C=O) groups is 4. The summed E-state index contributed by atoms with van der Waals surface area (Å²) in [6.07, 6.45) is 8.70. The fraction of sp³-hybridized carbons (Fsp3) is 0.750. The normalized spacial score (nSPS) is 13.7. The largest absolute Gasteiger partial charge is 0.438 e. The average Bonchev–Trinajstić information content (AvgIpc) is 3.02. The third kappa shape index (κ3) is 21.2. The molecule has 0 aliphatic rings. The summed E-state index contributed by atoms with van der Waals surface area (Å²) >= 11 is 0. The lowest BCUT2D eigenvalue weighted by Gasteiger charge is -2.31.